The summed E-state index contributed by atoms with van der Waals surface area (Å²) in [4.78, 5) is 23.6. The fourth-order valence-electron chi connectivity index (χ4n) is 1.57. The zero-order chi connectivity index (χ0) is 16.2. The van der Waals surface area contributed by atoms with Gasteiger partial charge in [-0.15, -0.1) is 0 Å². The van der Waals surface area contributed by atoms with Crippen molar-refractivity contribution in [1.82, 2.24) is 10.6 Å². The third-order valence-corrected chi connectivity index (χ3v) is 3.19. The fourth-order valence-corrected chi connectivity index (χ4v) is 1.72. The Kier molecular flexibility index (Phi) is 5.66. The van der Waals surface area contributed by atoms with Gasteiger partial charge in [0.2, 0.25) is 5.91 Å². The Morgan fingerprint density at radius 1 is 1.19 bits per heavy atom. The number of hydrogen-bond donors (Lipinski definition) is 2. The quantitative estimate of drug-likeness (QED) is 0.820. The van der Waals surface area contributed by atoms with Crippen LogP contribution in [0.25, 0.3) is 0 Å². The van der Waals surface area contributed by atoms with Gasteiger partial charge in [-0.25, -0.2) is 8.78 Å². The maximum atomic E-state index is 13.6. The molecule has 1 rings (SSSR count). The molecule has 0 saturated carbocycles. The van der Waals surface area contributed by atoms with Crippen molar-refractivity contribution in [3.8, 4) is 0 Å². The lowest BCUT2D eigenvalue weighted by Gasteiger charge is -2.23. The van der Waals surface area contributed by atoms with Gasteiger partial charge in [-0.1, -0.05) is 11.6 Å². The van der Waals surface area contributed by atoms with Gasteiger partial charge in [0.1, 0.15) is 11.6 Å². The predicted molar refractivity (Wildman–Crippen MR) is 76.2 cm³/mol. The molecule has 0 aromatic heterocycles. The van der Waals surface area contributed by atoms with Crippen molar-refractivity contribution < 1.29 is 18.4 Å². The lowest BCUT2D eigenvalue weighted by Crippen LogP contribution is -2.45. The maximum Gasteiger partial charge on any atom is 0.254 e. The first-order chi connectivity index (χ1) is 9.69. The lowest BCUT2D eigenvalue weighted by atomic mass is 9.92. The molecule has 1 aromatic rings. The van der Waals surface area contributed by atoms with Crippen molar-refractivity contribution in [2.24, 2.45) is 5.41 Å². The van der Waals surface area contributed by atoms with Crippen LogP contribution in [0.2, 0.25) is 5.02 Å². The van der Waals surface area contributed by atoms with Crippen LogP contribution >= 0.6 is 11.6 Å². The highest BCUT2D eigenvalue weighted by atomic mass is 35.5. The summed E-state index contributed by atoms with van der Waals surface area (Å²) in [5.41, 5.74) is -1.32. The number of amides is 2. The van der Waals surface area contributed by atoms with Crippen LogP contribution in [0.1, 0.15) is 31.1 Å². The Morgan fingerprint density at radius 3 is 2.38 bits per heavy atom. The topological polar surface area (TPSA) is 58.2 Å². The third-order valence-electron chi connectivity index (χ3n) is 2.90. The summed E-state index contributed by atoms with van der Waals surface area (Å²) in [5.74, 6) is -2.85. The van der Waals surface area contributed by atoms with E-state index in [0.29, 0.717) is 6.54 Å². The van der Waals surface area contributed by atoms with Gasteiger partial charge in [0.15, 0.2) is 0 Å². The molecule has 2 amide bonds. The summed E-state index contributed by atoms with van der Waals surface area (Å²) < 4.78 is 26.9. The molecular formula is C14H17ClF2N2O2. The van der Waals surface area contributed by atoms with Crippen LogP contribution in [-0.4, -0.2) is 24.9 Å². The number of rotatable bonds is 5. The molecule has 0 unspecified atom stereocenters. The molecule has 1 aromatic carbocycles. The number of nitrogens with one attached hydrogen (secondary N) is 2. The number of benzene rings is 1. The van der Waals surface area contributed by atoms with Gasteiger partial charge in [-0.3, -0.25) is 9.59 Å². The molecule has 0 aliphatic rings. The van der Waals surface area contributed by atoms with Crippen molar-refractivity contribution in [3.05, 3.63) is 34.4 Å². The predicted octanol–water partition coefficient (Wildman–Crippen LogP) is 2.51. The number of carbonyl (C=O) groups is 2. The van der Waals surface area contributed by atoms with Gasteiger partial charge >= 0.3 is 0 Å². The second-order valence-corrected chi connectivity index (χ2v) is 5.58. The first-order valence-corrected chi connectivity index (χ1v) is 6.78. The van der Waals surface area contributed by atoms with E-state index in [1.165, 1.54) is 0 Å². The minimum absolute atomic E-state index is 0.0125. The molecule has 0 spiro atoms. The first kappa shape index (κ1) is 17.4. The molecule has 4 nitrogen and oxygen atoms in total. The van der Waals surface area contributed by atoms with E-state index < -0.39 is 33.5 Å². The highest BCUT2D eigenvalue weighted by Crippen LogP contribution is 2.20. The van der Waals surface area contributed by atoms with E-state index in [2.05, 4.69) is 10.6 Å². The van der Waals surface area contributed by atoms with E-state index >= 15 is 0 Å². The molecule has 21 heavy (non-hydrogen) atoms. The second-order valence-electron chi connectivity index (χ2n) is 5.17. The molecular weight excluding hydrogens is 302 g/mol. The molecule has 0 radical (unpaired) electrons. The molecule has 116 valence electrons. The van der Waals surface area contributed by atoms with Crippen molar-refractivity contribution in [2.45, 2.75) is 20.8 Å². The van der Waals surface area contributed by atoms with Gasteiger partial charge in [0.05, 0.1) is 16.0 Å². The van der Waals surface area contributed by atoms with E-state index in [4.69, 9.17) is 11.6 Å². The minimum atomic E-state index is -0.922. The van der Waals surface area contributed by atoms with Crippen molar-refractivity contribution >= 4 is 23.4 Å². The summed E-state index contributed by atoms with van der Waals surface area (Å²) in [5, 5.41) is 4.66. The summed E-state index contributed by atoms with van der Waals surface area (Å²) in [6.45, 7) is 5.50. The zero-order valence-electron chi connectivity index (χ0n) is 12.0. The molecule has 0 heterocycles. The standard InChI is InChI=1S/C14H17ClF2N2O2/c1-4-18-13(21)14(2,3)7-19-12(20)8-5-11(17)9(15)6-10(8)16/h5-6H,4,7H2,1-3H3,(H,18,21)(H,19,20). The molecule has 0 aliphatic carbocycles. The van der Waals surface area contributed by atoms with Crippen LogP contribution in [0.5, 0.6) is 0 Å². The normalized spacial score (nSPS) is 11.1. The number of hydrogen-bond acceptors (Lipinski definition) is 2. The fraction of sp³-hybridized carbons (Fsp3) is 0.429. The SMILES string of the molecule is CCNC(=O)C(C)(C)CNC(=O)c1cc(F)c(Cl)cc1F. The molecule has 0 saturated heterocycles. The Labute approximate surface area is 126 Å². The Morgan fingerprint density at radius 2 is 1.81 bits per heavy atom. The monoisotopic (exact) mass is 318 g/mol. The molecule has 7 heteroatoms. The van der Waals surface area contributed by atoms with E-state index in [1.807, 2.05) is 0 Å². The molecule has 0 atom stereocenters. The highest BCUT2D eigenvalue weighted by molar-refractivity contribution is 6.30. The highest BCUT2D eigenvalue weighted by Gasteiger charge is 2.28. The van der Waals surface area contributed by atoms with Gasteiger partial charge in [0, 0.05) is 13.1 Å². The van der Waals surface area contributed by atoms with E-state index in [9.17, 15) is 18.4 Å². The summed E-state index contributed by atoms with van der Waals surface area (Å²) in [6, 6.07) is 1.47. The van der Waals surface area contributed by atoms with Gasteiger partial charge < -0.3 is 10.6 Å². The van der Waals surface area contributed by atoms with Crippen LogP contribution in [0.3, 0.4) is 0 Å². The van der Waals surface area contributed by atoms with Crippen LogP contribution in [-0.2, 0) is 4.79 Å². The van der Waals surface area contributed by atoms with Crippen molar-refractivity contribution in [3.63, 3.8) is 0 Å². The zero-order valence-corrected chi connectivity index (χ0v) is 12.8. The van der Waals surface area contributed by atoms with E-state index in [1.54, 1.807) is 20.8 Å². The largest absolute Gasteiger partial charge is 0.356 e. The number of halogens is 3. The summed E-state index contributed by atoms with van der Waals surface area (Å²) in [6.07, 6.45) is 0. The summed E-state index contributed by atoms with van der Waals surface area (Å²) >= 11 is 5.42. The van der Waals surface area contributed by atoms with Crippen LogP contribution < -0.4 is 10.6 Å². The minimum Gasteiger partial charge on any atom is -0.356 e. The summed E-state index contributed by atoms with van der Waals surface area (Å²) in [7, 11) is 0. The van der Waals surface area contributed by atoms with Crippen LogP contribution in [0, 0.1) is 17.0 Å². The molecule has 2 N–H and O–H groups in total. The lowest BCUT2D eigenvalue weighted by molar-refractivity contribution is -0.128. The van der Waals surface area contributed by atoms with Crippen molar-refractivity contribution in [1.29, 1.82) is 0 Å². The van der Waals surface area contributed by atoms with E-state index in [-0.39, 0.29) is 12.5 Å². The second kappa shape index (κ2) is 6.85. The Bertz CT molecular complexity index is 562. The van der Waals surface area contributed by atoms with Crippen molar-refractivity contribution in [2.75, 3.05) is 13.1 Å². The van der Waals surface area contributed by atoms with Crippen LogP contribution in [0.4, 0.5) is 8.78 Å². The van der Waals surface area contributed by atoms with E-state index in [0.717, 1.165) is 12.1 Å². The average molecular weight is 319 g/mol. The third kappa shape index (κ3) is 4.39. The van der Waals surface area contributed by atoms with Crippen LogP contribution in [0.15, 0.2) is 12.1 Å². The number of carbonyl (C=O) groups excluding carboxylic acids is 2. The molecule has 0 bridgehead atoms. The average Bonchev–Trinajstić information content (AvgIpc) is 2.40. The van der Waals surface area contributed by atoms with Gasteiger partial charge in [0.25, 0.3) is 5.91 Å². The van der Waals surface area contributed by atoms with Gasteiger partial charge in [-0.05, 0) is 32.9 Å². The smallest absolute Gasteiger partial charge is 0.254 e. The molecule has 0 aliphatic heterocycles. The first-order valence-electron chi connectivity index (χ1n) is 6.40. The Hall–Kier alpha value is -1.69. The maximum absolute atomic E-state index is 13.6. The van der Waals surface area contributed by atoms with Gasteiger partial charge in [-0.2, -0.15) is 0 Å². The Balaban J connectivity index is 2.79. The molecule has 0 fully saturated rings.